The SMILES string of the molecule is O=S(=O)(c1ccc(S(=O)(=O)N2CCCC2c2cccnc2)cc1)N1CCOCC1. The molecule has 0 saturated carbocycles. The molecule has 1 unspecified atom stereocenters. The van der Waals surface area contributed by atoms with Crippen molar-refractivity contribution in [1.29, 1.82) is 0 Å². The van der Waals surface area contributed by atoms with Gasteiger partial charge in [-0.15, -0.1) is 0 Å². The van der Waals surface area contributed by atoms with E-state index in [1.165, 1.54) is 32.9 Å². The molecule has 8 nitrogen and oxygen atoms in total. The second-order valence-electron chi connectivity index (χ2n) is 7.05. The Morgan fingerprint density at radius 2 is 1.55 bits per heavy atom. The number of aromatic nitrogens is 1. The van der Waals surface area contributed by atoms with Crippen molar-refractivity contribution in [3.8, 4) is 0 Å². The summed E-state index contributed by atoms with van der Waals surface area (Å²) in [6, 6.07) is 8.90. The van der Waals surface area contributed by atoms with Crippen LogP contribution >= 0.6 is 0 Å². The lowest BCUT2D eigenvalue weighted by Crippen LogP contribution is -2.40. The molecule has 3 heterocycles. The zero-order valence-corrected chi connectivity index (χ0v) is 17.5. The number of rotatable bonds is 5. The second kappa shape index (κ2) is 8.11. The first kappa shape index (κ1) is 20.4. The minimum atomic E-state index is -3.75. The summed E-state index contributed by atoms with van der Waals surface area (Å²) in [5, 5.41) is 0. The number of nitrogens with zero attached hydrogens (tertiary/aromatic N) is 3. The van der Waals surface area contributed by atoms with Crippen molar-refractivity contribution in [2.75, 3.05) is 32.8 Å². The molecule has 29 heavy (non-hydrogen) atoms. The Morgan fingerprint density at radius 3 is 2.17 bits per heavy atom. The molecule has 4 rings (SSSR count). The monoisotopic (exact) mass is 437 g/mol. The molecule has 2 saturated heterocycles. The molecule has 10 heteroatoms. The third kappa shape index (κ3) is 3.95. The van der Waals surface area contributed by atoms with E-state index in [2.05, 4.69) is 4.98 Å². The van der Waals surface area contributed by atoms with Crippen molar-refractivity contribution < 1.29 is 21.6 Å². The molecule has 1 aromatic carbocycles. The average molecular weight is 438 g/mol. The molecule has 0 bridgehead atoms. The molecule has 0 aliphatic carbocycles. The quantitative estimate of drug-likeness (QED) is 0.705. The lowest BCUT2D eigenvalue weighted by Gasteiger charge is -2.26. The molecule has 2 aliphatic heterocycles. The summed E-state index contributed by atoms with van der Waals surface area (Å²) in [6.07, 6.45) is 4.85. The van der Waals surface area contributed by atoms with Gasteiger partial charge in [-0.3, -0.25) is 4.98 Å². The molecule has 2 fully saturated rings. The van der Waals surface area contributed by atoms with Crippen LogP contribution in [-0.2, 0) is 24.8 Å². The highest BCUT2D eigenvalue weighted by Crippen LogP contribution is 2.36. The predicted octanol–water partition coefficient (Wildman–Crippen LogP) is 1.63. The number of ether oxygens (including phenoxy) is 1. The maximum atomic E-state index is 13.2. The van der Waals surface area contributed by atoms with Gasteiger partial charge in [-0.05, 0) is 48.7 Å². The fraction of sp³-hybridized carbons (Fsp3) is 0.421. The Kier molecular flexibility index (Phi) is 5.71. The first-order chi connectivity index (χ1) is 13.9. The van der Waals surface area contributed by atoms with Crippen LogP contribution in [0.3, 0.4) is 0 Å². The van der Waals surface area contributed by atoms with Crippen LogP contribution in [0.15, 0.2) is 58.6 Å². The van der Waals surface area contributed by atoms with E-state index in [1.807, 2.05) is 6.07 Å². The van der Waals surface area contributed by atoms with Crippen LogP contribution < -0.4 is 0 Å². The molecule has 2 aromatic rings. The van der Waals surface area contributed by atoms with Crippen LogP contribution in [-0.4, -0.2) is 63.3 Å². The largest absolute Gasteiger partial charge is 0.379 e. The number of pyridine rings is 1. The van der Waals surface area contributed by atoms with E-state index in [-0.39, 0.29) is 15.8 Å². The van der Waals surface area contributed by atoms with Gasteiger partial charge in [-0.25, -0.2) is 16.8 Å². The minimum Gasteiger partial charge on any atom is -0.379 e. The maximum absolute atomic E-state index is 13.2. The van der Waals surface area contributed by atoms with Gasteiger partial charge in [0.2, 0.25) is 20.0 Å². The van der Waals surface area contributed by atoms with Crippen molar-refractivity contribution in [1.82, 2.24) is 13.6 Å². The van der Waals surface area contributed by atoms with E-state index in [0.29, 0.717) is 32.8 Å². The lowest BCUT2D eigenvalue weighted by atomic mass is 10.1. The van der Waals surface area contributed by atoms with Gasteiger partial charge in [-0.1, -0.05) is 6.07 Å². The Labute approximate surface area is 171 Å². The van der Waals surface area contributed by atoms with Gasteiger partial charge >= 0.3 is 0 Å². The van der Waals surface area contributed by atoms with Crippen molar-refractivity contribution in [3.05, 3.63) is 54.4 Å². The molecule has 0 spiro atoms. The summed E-state index contributed by atoms with van der Waals surface area (Å²) in [5.74, 6) is 0. The van der Waals surface area contributed by atoms with Crippen molar-refractivity contribution in [2.45, 2.75) is 28.7 Å². The molecule has 0 amide bonds. The topological polar surface area (TPSA) is 96.9 Å². The van der Waals surface area contributed by atoms with E-state index in [4.69, 9.17) is 4.74 Å². The number of benzene rings is 1. The number of hydrogen-bond donors (Lipinski definition) is 0. The molecule has 156 valence electrons. The standard InChI is InChI=1S/C19H23N3O5S2/c23-28(24,21-11-13-27-14-12-21)17-5-7-18(8-6-17)29(25,26)22-10-2-4-19(22)16-3-1-9-20-15-16/h1,3,5-9,15,19H,2,4,10-14H2. The van der Waals surface area contributed by atoms with Gasteiger partial charge < -0.3 is 4.74 Å². The van der Waals surface area contributed by atoms with Gasteiger partial charge in [0.15, 0.2) is 0 Å². The smallest absolute Gasteiger partial charge is 0.243 e. The van der Waals surface area contributed by atoms with Gasteiger partial charge in [0.05, 0.1) is 29.0 Å². The van der Waals surface area contributed by atoms with E-state index >= 15 is 0 Å². The van der Waals surface area contributed by atoms with Crippen molar-refractivity contribution in [3.63, 3.8) is 0 Å². The van der Waals surface area contributed by atoms with E-state index in [1.54, 1.807) is 18.5 Å². The van der Waals surface area contributed by atoms with Crippen LogP contribution in [0.5, 0.6) is 0 Å². The Balaban J connectivity index is 1.59. The lowest BCUT2D eigenvalue weighted by molar-refractivity contribution is 0.0730. The fourth-order valence-electron chi connectivity index (χ4n) is 3.79. The van der Waals surface area contributed by atoms with Gasteiger partial charge in [0, 0.05) is 32.0 Å². The first-order valence-corrected chi connectivity index (χ1v) is 12.4. The summed E-state index contributed by atoms with van der Waals surface area (Å²) in [4.78, 5) is 4.28. The van der Waals surface area contributed by atoms with Crippen LogP contribution in [0.1, 0.15) is 24.4 Å². The normalized spacial score (nSPS) is 22.0. The van der Waals surface area contributed by atoms with E-state index in [9.17, 15) is 16.8 Å². The second-order valence-corrected chi connectivity index (χ2v) is 10.9. The summed E-state index contributed by atoms with van der Waals surface area (Å²) in [5.41, 5.74) is 0.861. The Morgan fingerprint density at radius 1 is 0.897 bits per heavy atom. The van der Waals surface area contributed by atoms with Crippen LogP contribution in [0.2, 0.25) is 0 Å². The van der Waals surface area contributed by atoms with E-state index < -0.39 is 20.0 Å². The van der Waals surface area contributed by atoms with Crippen molar-refractivity contribution >= 4 is 20.0 Å². The maximum Gasteiger partial charge on any atom is 0.243 e. The Bertz CT molecular complexity index is 1050. The highest BCUT2D eigenvalue weighted by molar-refractivity contribution is 7.89. The highest BCUT2D eigenvalue weighted by atomic mass is 32.2. The third-order valence-corrected chi connectivity index (χ3v) is 9.15. The van der Waals surface area contributed by atoms with E-state index in [0.717, 1.165) is 18.4 Å². The molecular weight excluding hydrogens is 414 g/mol. The summed E-state index contributed by atoms with van der Waals surface area (Å²) >= 11 is 0. The van der Waals surface area contributed by atoms with Gasteiger partial charge in [0.1, 0.15) is 0 Å². The Hall–Kier alpha value is -1.85. The van der Waals surface area contributed by atoms with Crippen LogP contribution in [0.25, 0.3) is 0 Å². The zero-order valence-electron chi connectivity index (χ0n) is 15.8. The molecule has 1 aromatic heterocycles. The summed E-state index contributed by atoms with van der Waals surface area (Å²) < 4.78 is 60.0. The van der Waals surface area contributed by atoms with Crippen molar-refractivity contribution in [2.24, 2.45) is 0 Å². The van der Waals surface area contributed by atoms with Gasteiger partial charge in [-0.2, -0.15) is 8.61 Å². The fourth-order valence-corrected chi connectivity index (χ4v) is 6.88. The zero-order chi connectivity index (χ0) is 20.5. The third-order valence-electron chi connectivity index (χ3n) is 5.31. The molecule has 1 atom stereocenters. The average Bonchev–Trinajstić information content (AvgIpc) is 3.26. The molecule has 0 N–H and O–H groups in total. The number of hydrogen-bond acceptors (Lipinski definition) is 6. The molecular formula is C19H23N3O5S2. The molecule has 2 aliphatic rings. The summed E-state index contributed by atoms with van der Waals surface area (Å²) in [6.45, 7) is 1.73. The molecule has 0 radical (unpaired) electrons. The predicted molar refractivity (Wildman–Crippen MR) is 106 cm³/mol. The van der Waals surface area contributed by atoms with Gasteiger partial charge in [0.25, 0.3) is 0 Å². The van der Waals surface area contributed by atoms with Crippen LogP contribution in [0.4, 0.5) is 0 Å². The first-order valence-electron chi connectivity index (χ1n) is 9.50. The summed E-state index contributed by atoms with van der Waals surface area (Å²) in [7, 11) is -7.41. The highest BCUT2D eigenvalue weighted by Gasteiger charge is 2.36. The minimum absolute atomic E-state index is 0.0866. The number of sulfonamides is 2. The number of morpholine rings is 1. The van der Waals surface area contributed by atoms with Crippen LogP contribution in [0, 0.1) is 0 Å².